The van der Waals surface area contributed by atoms with Gasteiger partial charge in [-0.1, -0.05) is 36.4 Å². The number of para-hydroxylation sites is 1. The lowest BCUT2D eigenvalue weighted by Gasteiger charge is -2.12. The Bertz CT molecular complexity index is 847. The summed E-state index contributed by atoms with van der Waals surface area (Å²) in [5.41, 5.74) is 3.70. The first-order chi connectivity index (χ1) is 13.4. The minimum atomic E-state index is -0.522. The quantitative estimate of drug-likeness (QED) is 0.526. The molecule has 0 saturated heterocycles. The van der Waals surface area contributed by atoms with Crippen molar-refractivity contribution in [1.29, 1.82) is 0 Å². The van der Waals surface area contributed by atoms with Crippen LogP contribution < -0.4 is 10.6 Å². The fourth-order valence-electron chi connectivity index (χ4n) is 2.47. The number of esters is 1. The van der Waals surface area contributed by atoms with Crippen LogP contribution in [0.15, 0.2) is 47.4 Å². The Kier molecular flexibility index (Phi) is 8.07. The monoisotopic (exact) mass is 400 g/mol. The number of anilines is 1. The topological polar surface area (TPSA) is 84.5 Å². The highest BCUT2D eigenvalue weighted by Gasteiger charge is 2.11. The summed E-state index contributed by atoms with van der Waals surface area (Å²) < 4.78 is 4.95. The van der Waals surface area contributed by atoms with Crippen LogP contribution in [0.1, 0.15) is 16.7 Å². The van der Waals surface area contributed by atoms with E-state index >= 15 is 0 Å². The molecule has 28 heavy (non-hydrogen) atoms. The largest absolute Gasteiger partial charge is 0.455 e. The van der Waals surface area contributed by atoms with Gasteiger partial charge in [-0.3, -0.25) is 14.4 Å². The lowest BCUT2D eigenvalue weighted by atomic mass is 10.1. The standard InChI is InChI=1S/C21H24N2O4S/c1-14-7-4-5-10-17(14)28-13-20(26)27-12-19(25)22-11-18(24)23-21-15(2)8-6-9-16(21)3/h4-10H,11-13H2,1-3H3,(H,22,25)(H,23,24). The van der Waals surface area contributed by atoms with E-state index in [-0.39, 0.29) is 18.2 Å². The van der Waals surface area contributed by atoms with Crippen molar-refractivity contribution in [3.63, 3.8) is 0 Å². The number of carbonyl (C=O) groups is 3. The fraction of sp³-hybridized carbons (Fsp3) is 0.286. The Hall–Kier alpha value is -2.80. The number of amides is 2. The van der Waals surface area contributed by atoms with Crippen molar-refractivity contribution < 1.29 is 19.1 Å². The van der Waals surface area contributed by atoms with Crippen LogP contribution in [-0.2, 0) is 19.1 Å². The zero-order chi connectivity index (χ0) is 20.5. The molecular formula is C21H24N2O4S. The molecule has 0 spiro atoms. The summed E-state index contributed by atoms with van der Waals surface area (Å²) in [4.78, 5) is 36.6. The summed E-state index contributed by atoms with van der Waals surface area (Å²) in [5, 5.41) is 5.22. The first-order valence-electron chi connectivity index (χ1n) is 8.83. The molecule has 0 fully saturated rings. The number of aryl methyl sites for hydroxylation is 3. The number of benzene rings is 2. The van der Waals surface area contributed by atoms with E-state index in [0.29, 0.717) is 0 Å². The van der Waals surface area contributed by atoms with Gasteiger partial charge in [0.2, 0.25) is 5.91 Å². The van der Waals surface area contributed by atoms with E-state index in [1.165, 1.54) is 11.8 Å². The molecule has 0 radical (unpaired) electrons. The number of thioether (sulfide) groups is 1. The van der Waals surface area contributed by atoms with Crippen LogP contribution in [0.5, 0.6) is 0 Å². The third-order valence-electron chi connectivity index (χ3n) is 4.00. The Morgan fingerprint density at radius 1 is 0.893 bits per heavy atom. The van der Waals surface area contributed by atoms with Gasteiger partial charge in [-0.2, -0.15) is 0 Å². The SMILES string of the molecule is Cc1ccccc1SCC(=O)OCC(=O)NCC(=O)Nc1c(C)cccc1C. The molecular weight excluding hydrogens is 376 g/mol. The number of rotatable bonds is 8. The zero-order valence-corrected chi connectivity index (χ0v) is 17.0. The maximum absolute atomic E-state index is 12.0. The van der Waals surface area contributed by atoms with Crippen molar-refractivity contribution in [1.82, 2.24) is 5.32 Å². The molecule has 2 aromatic rings. The summed E-state index contributed by atoms with van der Waals surface area (Å²) in [6, 6.07) is 13.4. The van der Waals surface area contributed by atoms with Gasteiger partial charge in [0.15, 0.2) is 6.61 Å². The van der Waals surface area contributed by atoms with Crippen molar-refractivity contribution in [3.8, 4) is 0 Å². The Labute approximate surface area is 169 Å². The maximum Gasteiger partial charge on any atom is 0.316 e. The molecule has 0 unspecified atom stereocenters. The molecule has 0 aliphatic heterocycles. The second-order valence-electron chi connectivity index (χ2n) is 6.31. The van der Waals surface area contributed by atoms with Crippen molar-refractivity contribution in [2.75, 3.05) is 24.2 Å². The number of hydrogen-bond acceptors (Lipinski definition) is 5. The molecule has 0 aliphatic rings. The summed E-state index contributed by atoms with van der Waals surface area (Å²) in [7, 11) is 0. The van der Waals surface area contributed by atoms with E-state index < -0.39 is 18.5 Å². The molecule has 0 aliphatic carbocycles. The van der Waals surface area contributed by atoms with Gasteiger partial charge in [-0.15, -0.1) is 11.8 Å². The van der Waals surface area contributed by atoms with Gasteiger partial charge in [0.25, 0.3) is 5.91 Å². The third kappa shape index (κ3) is 6.74. The van der Waals surface area contributed by atoms with Crippen LogP contribution in [0.3, 0.4) is 0 Å². The molecule has 0 heterocycles. The average molecular weight is 401 g/mol. The number of nitrogens with one attached hydrogen (secondary N) is 2. The van der Waals surface area contributed by atoms with E-state index in [0.717, 1.165) is 27.3 Å². The fourth-order valence-corrected chi connectivity index (χ4v) is 3.30. The minimum absolute atomic E-state index is 0.116. The van der Waals surface area contributed by atoms with E-state index in [1.807, 2.05) is 63.2 Å². The third-order valence-corrected chi connectivity index (χ3v) is 5.14. The van der Waals surface area contributed by atoms with E-state index in [1.54, 1.807) is 0 Å². The van der Waals surface area contributed by atoms with Crippen LogP contribution in [0.2, 0.25) is 0 Å². The molecule has 2 rings (SSSR count). The summed E-state index contributed by atoms with van der Waals surface area (Å²) in [6.45, 7) is 5.15. The average Bonchev–Trinajstić information content (AvgIpc) is 2.67. The summed E-state index contributed by atoms with van der Waals surface area (Å²) in [6.07, 6.45) is 0. The number of ether oxygens (including phenoxy) is 1. The predicted octanol–water partition coefficient (Wildman–Crippen LogP) is 3.00. The van der Waals surface area contributed by atoms with Gasteiger partial charge in [0.1, 0.15) is 0 Å². The van der Waals surface area contributed by atoms with Crippen molar-refractivity contribution in [3.05, 3.63) is 59.2 Å². The highest BCUT2D eigenvalue weighted by atomic mass is 32.2. The molecule has 0 atom stereocenters. The van der Waals surface area contributed by atoms with Crippen LogP contribution in [-0.4, -0.2) is 36.7 Å². The molecule has 2 amide bonds. The highest BCUT2D eigenvalue weighted by Crippen LogP contribution is 2.21. The highest BCUT2D eigenvalue weighted by molar-refractivity contribution is 8.00. The molecule has 0 saturated carbocycles. The molecule has 2 N–H and O–H groups in total. The molecule has 7 heteroatoms. The van der Waals surface area contributed by atoms with Crippen LogP contribution in [0, 0.1) is 20.8 Å². The smallest absolute Gasteiger partial charge is 0.316 e. The van der Waals surface area contributed by atoms with E-state index in [4.69, 9.17) is 4.74 Å². The predicted molar refractivity (Wildman–Crippen MR) is 110 cm³/mol. The van der Waals surface area contributed by atoms with Crippen LogP contribution in [0.25, 0.3) is 0 Å². The Morgan fingerprint density at radius 3 is 2.21 bits per heavy atom. The second-order valence-corrected chi connectivity index (χ2v) is 7.32. The lowest BCUT2D eigenvalue weighted by Crippen LogP contribution is -2.36. The molecule has 2 aromatic carbocycles. The number of carbonyl (C=O) groups excluding carboxylic acids is 3. The Balaban J connectivity index is 1.68. The van der Waals surface area contributed by atoms with E-state index in [9.17, 15) is 14.4 Å². The first kappa shape index (κ1) is 21.5. The molecule has 0 bridgehead atoms. The van der Waals surface area contributed by atoms with Gasteiger partial charge in [-0.05, 0) is 43.5 Å². The van der Waals surface area contributed by atoms with Gasteiger partial charge < -0.3 is 15.4 Å². The Morgan fingerprint density at radius 2 is 1.54 bits per heavy atom. The van der Waals surface area contributed by atoms with Crippen molar-refractivity contribution >= 4 is 35.2 Å². The normalized spacial score (nSPS) is 10.2. The van der Waals surface area contributed by atoms with Crippen LogP contribution in [0.4, 0.5) is 5.69 Å². The summed E-state index contributed by atoms with van der Waals surface area (Å²) in [5.74, 6) is -1.23. The van der Waals surface area contributed by atoms with Crippen molar-refractivity contribution in [2.24, 2.45) is 0 Å². The van der Waals surface area contributed by atoms with Crippen molar-refractivity contribution in [2.45, 2.75) is 25.7 Å². The first-order valence-corrected chi connectivity index (χ1v) is 9.82. The minimum Gasteiger partial charge on any atom is -0.455 e. The van der Waals surface area contributed by atoms with Gasteiger partial charge in [0, 0.05) is 10.6 Å². The van der Waals surface area contributed by atoms with Gasteiger partial charge in [0.05, 0.1) is 12.3 Å². The maximum atomic E-state index is 12.0. The second kappa shape index (κ2) is 10.5. The summed E-state index contributed by atoms with van der Waals surface area (Å²) >= 11 is 1.36. The lowest BCUT2D eigenvalue weighted by molar-refractivity contribution is -0.146. The molecule has 6 nitrogen and oxygen atoms in total. The van der Waals surface area contributed by atoms with Crippen LogP contribution >= 0.6 is 11.8 Å². The number of hydrogen-bond donors (Lipinski definition) is 2. The van der Waals surface area contributed by atoms with E-state index in [2.05, 4.69) is 10.6 Å². The van der Waals surface area contributed by atoms with Gasteiger partial charge >= 0.3 is 5.97 Å². The molecule has 148 valence electrons. The molecule has 0 aromatic heterocycles. The zero-order valence-electron chi connectivity index (χ0n) is 16.2. The van der Waals surface area contributed by atoms with Gasteiger partial charge in [-0.25, -0.2) is 0 Å².